The molecule has 1 fully saturated rings. The van der Waals surface area contributed by atoms with Crippen LogP contribution in [0.25, 0.3) is 0 Å². The van der Waals surface area contributed by atoms with Gasteiger partial charge in [0, 0.05) is 25.3 Å². The highest BCUT2D eigenvalue weighted by molar-refractivity contribution is 5.69. The van der Waals surface area contributed by atoms with Crippen molar-refractivity contribution in [2.75, 3.05) is 30.3 Å². The Hall–Kier alpha value is -2.82. The van der Waals surface area contributed by atoms with Gasteiger partial charge in [0.25, 0.3) is 0 Å². The third-order valence-electron chi connectivity index (χ3n) is 3.87. The molecule has 7 heteroatoms. The summed E-state index contributed by atoms with van der Waals surface area (Å²) in [6.45, 7) is 1.36. The van der Waals surface area contributed by atoms with E-state index >= 15 is 0 Å². The van der Waals surface area contributed by atoms with Crippen molar-refractivity contribution in [3.63, 3.8) is 0 Å². The fourth-order valence-electron chi connectivity index (χ4n) is 2.77. The Labute approximate surface area is 128 Å². The largest absolute Gasteiger partial charge is 0.396 e. The van der Waals surface area contributed by atoms with Crippen LogP contribution in [0.15, 0.2) is 0 Å². The summed E-state index contributed by atoms with van der Waals surface area (Å²) in [7, 11) is 0. The number of nitrogen functional groups attached to an aromatic ring is 1. The van der Waals surface area contributed by atoms with E-state index < -0.39 is 0 Å². The van der Waals surface area contributed by atoms with Crippen LogP contribution in [0.2, 0.25) is 0 Å². The Balaban J connectivity index is 2.55. The predicted octanol–water partition coefficient (Wildman–Crippen LogP) is 0.682. The van der Waals surface area contributed by atoms with Crippen LogP contribution in [0.5, 0.6) is 0 Å². The average Bonchev–Trinajstić information content (AvgIpc) is 2.55. The first-order chi connectivity index (χ1) is 10.7. The summed E-state index contributed by atoms with van der Waals surface area (Å²) in [5, 5.41) is 36.9. The molecule has 1 aliphatic rings. The lowest BCUT2D eigenvalue weighted by molar-refractivity contribution is 0.208. The van der Waals surface area contributed by atoms with Crippen LogP contribution >= 0.6 is 0 Å². The zero-order valence-corrected chi connectivity index (χ0v) is 12.1. The fourth-order valence-corrected chi connectivity index (χ4v) is 2.77. The molecule has 1 saturated heterocycles. The number of nitrogens with zero attached hydrogens (tertiary/aromatic N) is 5. The molecule has 2 rings (SSSR count). The third-order valence-corrected chi connectivity index (χ3v) is 3.87. The SMILES string of the molecule is N#CCc1c(C#N)c(N)nc(N2CCC[C@H](CO)C2)c1C#N. The number of aliphatic hydroxyl groups is 1. The van der Waals surface area contributed by atoms with E-state index in [2.05, 4.69) is 11.1 Å². The van der Waals surface area contributed by atoms with Gasteiger partial charge in [-0.15, -0.1) is 0 Å². The van der Waals surface area contributed by atoms with Gasteiger partial charge in [-0.1, -0.05) is 0 Å². The van der Waals surface area contributed by atoms with Crippen molar-refractivity contribution in [1.29, 1.82) is 15.8 Å². The van der Waals surface area contributed by atoms with Crippen molar-refractivity contribution < 1.29 is 5.11 Å². The van der Waals surface area contributed by atoms with Crippen molar-refractivity contribution in [2.24, 2.45) is 5.92 Å². The molecule has 0 amide bonds. The summed E-state index contributed by atoms with van der Waals surface area (Å²) >= 11 is 0. The van der Waals surface area contributed by atoms with Crippen LogP contribution < -0.4 is 10.6 Å². The summed E-state index contributed by atoms with van der Waals surface area (Å²) in [5.41, 5.74) is 6.49. The Morgan fingerprint density at radius 3 is 2.59 bits per heavy atom. The van der Waals surface area contributed by atoms with E-state index in [0.29, 0.717) is 24.5 Å². The zero-order chi connectivity index (χ0) is 16.1. The second-order valence-electron chi connectivity index (χ2n) is 5.24. The number of anilines is 2. The molecule has 0 aliphatic carbocycles. The topological polar surface area (TPSA) is 134 Å². The van der Waals surface area contributed by atoms with E-state index in [1.165, 1.54) is 0 Å². The van der Waals surface area contributed by atoms with Crippen LogP contribution in [0, 0.1) is 39.9 Å². The molecular weight excluding hydrogens is 280 g/mol. The second-order valence-corrected chi connectivity index (χ2v) is 5.24. The number of rotatable bonds is 3. The monoisotopic (exact) mass is 296 g/mol. The number of aromatic nitrogens is 1. The maximum absolute atomic E-state index is 9.46. The molecule has 0 saturated carbocycles. The first-order valence-electron chi connectivity index (χ1n) is 7.01. The smallest absolute Gasteiger partial charge is 0.149 e. The normalized spacial score (nSPS) is 17.4. The van der Waals surface area contributed by atoms with Gasteiger partial charge in [0.05, 0.1) is 18.1 Å². The predicted molar refractivity (Wildman–Crippen MR) is 79.4 cm³/mol. The van der Waals surface area contributed by atoms with E-state index in [4.69, 9.17) is 11.0 Å². The van der Waals surface area contributed by atoms with Gasteiger partial charge >= 0.3 is 0 Å². The van der Waals surface area contributed by atoms with Gasteiger partial charge in [-0.2, -0.15) is 15.8 Å². The Bertz CT molecular complexity index is 694. The number of pyridine rings is 1. The van der Waals surface area contributed by atoms with E-state index in [-0.39, 0.29) is 35.9 Å². The average molecular weight is 296 g/mol. The van der Waals surface area contributed by atoms with Crippen LogP contribution in [-0.4, -0.2) is 29.8 Å². The molecule has 1 atom stereocenters. The number of aliphatic hydroxyl groups excluding tert-OH is 1. The van der Waals surface area contributed by atoms with Crippen molar-refractivity contribution in [2.45, 2.75) is 19.3 Å². The van der Waals surface area contributed by atoms with Crippen LogP contribution in [0.4, 0.5) is 11.6 Å². The molecule has 0 unspecified atom stereocenters. The molecule has 3 N–H and O–H groups in total. The molecule has 22 heavy (non-hydrogen) atoms. The summed E-state index contributed by atoms with van der Waals surface area (Å²) in [6, 6.07) is 5.95. The minimum Gasteiger partial charge on any atom is -0.396 e. The number of hydrogen-bond acceptors (Lipinski definition) is 7. The Morgan fingerprint density at radius 2 is 2.00 bits per heavy atom. The lowest BCUT2D eigenvalue weighted by Gasteiger charge is -2.33. The van der Waals surface area contributed by atoms with E-state index in [0.717, 1.165) is 12.8 Å². The van der Waals surface area contributed by atoms with Crippen molar-refractivity contribution in [3.05, 3.63) is 16.7 Å². The van der Waals surface area contributed by atoms with Gasteiger partial charge in [-0.05, 0) is 18.8 Å². The molecular formula is C15H16N6O. The maximum atomic E-state index is 9.46. The summed E-state index contributed by atoms with van der Waals surface area (Å²) in [4.78, 5) is 6.12. The highest BCUT2D eigenvalue weighted by Crippen LogP contribution is 2.30. The summed E-state index contributed by atoms with van der Waals surface area (Å²) < 4.78 is 0. The molecule has 1 aromatic heterocycles. The number of piperidine rings is 1. The number of nitriles is 3. The van der Waals surface area contributed by atoms with Crippen molar-refractivity contribution >= 4 is 11.6 Å². The minimum atomic E-state index is -0.0667. The quantitative estimate of drug-likeness (QED) is 0.837. The molecule has 2 heterocycles. The number of hydrogen-bond donors (Lipinski definition) is 2. The van der Waals surface area contributed by atoms with E-state index in [1.807, 2.05) is 17.0 Å². The van der Waals surface area contributed by atoms with Crippen LogP contribution in [-0.2, 0) is 6.42 Å². The van der Waals surface area contributed by atoms with E-state index in [1.54, 1.807) is 0 Å². The first-order valence-corrected chi connectivity index (χ1v) is 7.01. The van der Waals surface area contributed by atoms with Gasteiger partial charge in [-0.3, -0.25) is 0 Å². The standard InChI is InChI=1S/C15H16N6O/c16-4-3-11-12(6-17)14(19)20-15(13(11)7-18)21-5-1-2-10(8-21)9-22/h10,22H,1-3,5,8-9H2,(H2,19,20)/t10-/m0/s1. The van der Waals surface area contributed by atoms with Gasteiger partial charge < -0.3 is 15.7 Å². The molecule has 7 nitrogen and oxygen atoms in total. The number of nitrogens with two attached hydrogens (primary N) is 1. The zero-order valence-electron chi connectivity index (χ0n) is 12.1. The molecule has 1 aromatic rings. The molecule has 112 valence electrons. The molecule has 0 bridgehead atoms. The fraction of sp³-hybridized carbons (Fsp3) is 0.467. The lowest BCUT2D eigenvalue weighted by atomic mass is 9.96. The van der Waals surface area contributed by atoms with Crippen LogP contribution in [0.1, 0.15) is 29.5 Å². The minimum absolute atomic E-state index is 0.0351. The van der Waals surface area contributed by atoms with E-state index in [9.17, 15) is 15.6 Å². The first kappa shape index (κ1) is 15.6. The van der Waals surface area contributed by atoms with Gasteiger partial charge in [0.15, 0.2) is 0 Å². The molecule has 1 aliphatic heterocycles. The Morgan fingerprint density at radius 1 is 1.27 bits per heavy atom. The second kappa shape index (κ2) is 6.76. The summed E-state index contributed by atoms with van der Waals surface area (Å²) in [5.74, 6) is 0.564. The summed E-state index contributed by atoms with van der Waals surface area (Å²) in [6.07, 6.45) is 1.74. The van der Waals surface area contributed by atoms with Gasteiger partial charge in [0.1, 0.15) is 29.3 Å². The lowest BCUT2D eigenvalue weighted by Crippen LogP contribution is -2.38. The van der Waals surface area contributed by atoms with Crippen molar-refractivity contribution in [3.8, 4) is 18.2 Å². The molecule has 0 radical (unpaired) electrons. The van der Waals surface area contributed by atoms with Gasteiger partial charge in [-0.25, -0.2) is 4.98 Å². The maximum Gasteiger partial charge on any atom is 0.149 e. The van der Waals surface area contributed by atoms with Gasteiger partial charge in [0.2, 0.25) is 0 Å². The third kappa shape index (κ3) is 2.79. The Kier molecular flexibility index (Phi) is 4.78. The van der Waals surface area contributed by atoms with Crippen molar-refractivity contribution in [1.82, 2.24) is 4.98 Å². The molecule has 0 spiro atoms. The highest BCUT2D eigenvalue weighted by atomic mass is 16.3. The highest BCUT2D eigenvalue weighted by Gasteiger charge is 2.26. The van der Waals surface area contributed by atoms with Crippen LogP contribution in [0.3, 0.4) is 0 Å². The molecule has 0 aromatic carbocycles.